The molecule has 0 amide bonds. The molecule has 2 rings (SSSR count). The van der Waals surface area contributed by atoms with Crippen LogP contribution in [0.25, 0.3) is 0 Å². The van der Waals surface area contributed by atoms with Crippen molar-refractivity contribution in [3.05, 3.63) is 35.9 Å². The summed E-state index contributed by atoms with van der Waals surface area (Å²) in [6.45, 7) is 3.62. The number of aliphatic carboxylic acids is 1. The van der Waals surface area contributed by atoms with E-state index in [0.29, 0.717) is 18.9 Å². The third-order valence-corrected chi connectivity index (χ3v) is 3.95. The maximum Gasteiger partial charge on any atom is 0.323 e. The predicted molar refractivity (Wildman–Crippen MR) is 70.2 cm³/mol. The molecule has 1 saturated heterocycles. The van der Waals surface area contributed by atoms with E-state index in [1.54, 1.807) is 0 Å². The highest BCUT2D eigenvalue weighted by Gasteiger charge is 2.38. The first-order valence-corrected chi connectivity index (χ1v) is 6.34. The van der Waals surface area contributed by atoms with Gasteiger partial charge in [0.15, 0.2) is 0 Å². The van der Waals surface area contributed by atoms with Crippen molar-refractivity contribution in [3.63, 3.8) is 0 Å². The first-order valence-electron chi connectivity index (χ1n) is 6.34. The number of rotatable bonds is 3. The lowest BCUT2D eigenvalue weighted by atomic mass is 9.87. The van der Waals surface area contributed by atoms with Crippen molar-refractivity contribution in [2.24, 2.45) is 5.73 Å². The molecular weight excluding hydrogens is 228 g/mol. The van der Waals surface area contributed by atoms with E-state index in [2.05, 4.69) is 24.0 Å². The van der Waals surface area contributed by atoms with Gasteiger partial charge in [-0.3, -0.25) is 9.69 Å². The SMILES string of the molecule is C[C@@H](c1ccccc1)N1CCC(N)(C(=O)O)CC1. The topological polar surface area (TPSA) is 66.6 Å². The van der Waals surface area contributed by atoms with Gasteiger partial charge in [-0.1, -0.05) is 30.3 Å². The molecule has 0 unspecified atom stereocenters. The standard InChI is InChI=1S/C14H20N2O2/c1-11(12-5-3-2-4-6-12)16-9-7-14(15,8-10-16)13(17)18/h2-6,11H,7-10,15H2,1H3,(H,17,18)/t11-/m0/s1. The Bertz CT molecular complexity index is 411. The molecule has 0 aromatic heterocycles. The molecule has 3 N–H and O–H groups in total. The van der Waals surface area contributed by atoms with Crippen LogP contribution < -0.4 is 5.73 Å². The Morgan fingerprint density at radius 2 is 1.89 bits per heavy atom. The van der Waals surface area contributed by atoms with Crippen LogP contribution in [-0.2, 0) is 4.79 Å². The normalized spacial score (nSPS) is 21.4. The second-order valence-corrected chi connectivity index (χ2v) is 5.08. The summed E-state index contributed by atoms with van der Waals surface area (Å²) < 4.78 is 0. The molecule has 4 heteroatoms. The van der Waals surface area contributed by atoms with Gasteiger partial charge < -0.3 is 10.8 Å². The smallest absolute Gasteiger partial charge is 0.323 e. The summed E-state index contributed by atoms with van der Waals surface area (Å²) in [5, 5.41) is 9.10. The van der Waals surface area contributed by atoms with Crippen molar-refractivity contribution < 1.29 is 9.90 Å². The molecule has 0 bridgehead atoms. The van der Waals surface area contributed by atoms with Gasteiger partial charge in [0.1, 0.15) is 5.54 Å². The van der Waals surface area contributed by atoms with E-state index < -0.39 is 11.5 Å². The summed E-state index contributed by atoms with van der Waals surface area (Å²) in [6.07, 6.45) is 1.03. The van der Waals surface area contributed by atoms with Crippen LogP contribution in [0.3, 0.4) is 0 Å². The van der Waals surface area contributed by atoms with Gasteiger partial charge in [0, 0.05) is 19.1 Å². The zero-order chi connectivity index (χ0) is 13.2. The van der Waals surface area contributed by atoms with Crippen LogP contribution in [0.4, 0.5) is 0 Å². The Labute approximate surface area is 107 Å². The average Bonchev–Trinajstić information content (AvgIpc) is 2.40. The zero-order valence-corrected chi connectivity index (χ0v) is 10.7. The third-order valence-electron chi connectivity index (χ3n) is 3.95. The predicted octanol–water partition coefficient (Wildman–Crippen LogP) is 1.63. The molecule has 0 saturated carbocycles. The van der Waals surface area contributed by atoms with Crippen molar-refractivity contribution in [1.82, 2.24) is 4.90 Å². The number of likely N-dealkylation sites (tertiary alicyclic amines) is 1. The van der Waals surface area contributed by atoms with E-state index in [9.17, 15) is 4.79 Å². The van der Waals surface area contributed by atoms with Gasteiger partial charge in [-0.15, -0.1) is 0 Å². The van der Waals surface area contributed by atoms with E-state index >= 15 is 0 Å². The number of piperidine rings is 1. The zero-order valence-electron chi connectivity index (χ0n) is 10.7. The molecule has 0 radical (unpaired) electrons. The minimum atomic E-state index is -1.03. The molecule has 4 nitrogen and oxygen atoms in total. The highest BCUT2D eigenvalue weighted by Crippen LogP contribution is 2.27. The average molecular weight is 248 g/mol. The largest absolute Gasteiger partial charge is 0.480 e. The van der Waals surface area contributed by atoms with Crippen LogP contribution in [0.1, 0.15) is 31.4 Å². The van der Waals surface area contributed by atoms with Gasteiger partial charge in [-0.05, 0) is 25.3 Å². The molecule has 1 fully saturated rings. The van der Waals surface area contributed by atoms with Crippen LogP contribution in [0, 0.1) is 0 Å². The number of nitrogens with two attached hydrogens (primary N) is 1. The fourth-order valence-corrected chi connectivity index (χ4v) is 2.47. The highest BCUT2D eigenvalue weighted by atomic mass is 16.4. The Morgan fingerprint density at radius 3 is 2.39 bits per heavy atom. The number of hydrogen-bond donors (Lipinski definition) is 2. The van der Waals surface area contributed by atoms with Crippen LogP contribution in [0.5, 0.6) is 0 Å². The van der Waals surface area contributed by atoms with Crippen LogP contribution in [0.15, 0.2) is 30.3 Å². The minimum absolute atomic E-state index is 0.310. The quantitative estimate of drug-likeness (QED) is 0.853. The molecule has 1 aliphatic heterocycles. The lowest BCUT2D eigenvalue weighted by Crippen LogP contribution is -2.55. The van der Waals surface area contributed by atoms with Crippen molar-refractivity contribution in [2.45, 2.75) is 31.3 Å². The highest BCUT2D eigenvalue weighted by molar-refractivity contribution is 5.78. The molecule has 1 aromatic rings. The molecule has 1 aromatic carbocycles. The third kappa shape index (κ3) is 2.54. The maximum absolute atomic E-state index is 11.1. The summed E-state index contributed by atoms with van der Waals surface area (Å²) in [7, 11) is 0. The van der Waals surface area contributed by atoms with E-state index in [-0.39, 0.29) is 0 Å². The first kappa shape index (κ1) is 13.1. The van der Waals surface area contributed by atoms with Crippen molar-refractivity contribution in [3.8, 4) is 0 Å². The van der Waals surface area contributed by atoms with Gasteiger partial charge in [0.25, 0.3) is 0 Å². The van der Waals surface area contributed by atoms with Gasteiger partial charge in [0.05, 0.1) is 0 Å². The first-order chi connectivity index (χ1) is 8.53. The fourth-order valence-electron chi connectivity index (χ4n) is 2.47. The molecule has 98 valence electrons. The number of carbonyl (C=O) groups is 1. The van der Waals surface area contributed by atoms with E-state index in [4.69, 9.17) is 10.8 Å². The van der Waals surface area contributed by atoms with E-state index in [0.717, 1.165) is 13.1 Å². The second kappa shape index (κ2) is 5.08. The number of hydrogen-bond acceptors (Lipinski definition) is 3. The Kier molecular flexibility index (Phi) is 3.68. The number of benzene rings is 1. The Balaban J connectivity index is 2.00. The molecule has 1 aliphatic rings. The monoisotopic (exact) mass is 248 g/mol. The molecule has 1 atom stereocenters. The van der Waals surface area contributed by atoms with Gasteiger partial charge in [-0.2, -0.15) is 0 Å². The summed E-state index contributed by atoms with van der Waals surface area (Å²) in [6, 6.07) is 10.6. The molecule has 0 spiro atoms. The molecule has 18 heavy (non-hydrogen) atoms. The number of carboxylic acid groups (broad SMARTS) is 1. The minimum Gasteiger partial charge on any atom is -0.480 e. The Hall–Kier alpha value is -1.39. The molecule has 1 heterocycles. The van der Waals surface area contributed by atoms with E-state index in [1.165, 1.54) is 5.56 Å². The van der Waals surface area contributed by atoms with Crippen molar-refractivity contribution >= 4 is 5.97 Å². The number of nitrogens with zero attached hydrogens (tertiary/aromatic N) is 1. The summed E-state index contributed by atoms with van der Waals surface area (Å²) >= 11 is 0. The second-order valence-electron chi connectivity index (χ2n) is 5.08. The van der Waals surface area contributed by atoms with Crippen molar-refractivity contribution in [1.29, 1.82) is 0 Å². The Morgan fingerprint density at radius 1 is 1.33 bits per heavy atom. The molecule has 0 aliphatic carbocycles. The van der Waals surface area contributed by atoms with Crippen LogP contribution in [-0.4, -0.2) is 34.6 Å². The van der Waals surface area contributed by atoms with Gasteiger partial charge >= 0.3 is 5.97 Å². The lowest BCUT2D eigenvalue weighted by molar-refractivity contribution is -0.145. The van der Waals surface area contributed by atoms with Gasteiger partial charge in [0.2, 0.25) is 0 Å². The van der Waals surface area contributed by atoms with Crippen molar-refractivity contribution in [2.75, 3.05) is 13.1 Å². The fraction of sp³-hybridized carbons (Fsp3) is 0.500. The molecular formula is C14H20N2O2. The van der Waals surface area contributed by atoms with E-state index in [1.807, 2.05) is 18.2 Å². The number of carboxylic acids is 1. The summed E-state index contributed by atoms with van der Waals surface area (Å²) in [4.78, 5) is 13.4. The lowest BCUT2D eigenvalue weighted by Gasteiger charge is -2.39. The van der Waals surface area contributed by atoms with Gasteiger partial charge in [-0.25, -0.2) is 0 Å². The summed E-state index contributed by atoms with van der Waals surface area (Å²) in [5.74, 6) is -0.880. The van der Waals surface area contributed by atoms with Crippen LogP contribution in [0.2, 0.25) is 0 Å². The van der Waals surface area contributed by atoms with Crippen LogP contribution >= 0.6 is 0 Å². The maximum atomic E-state index is 11.1. The summed E-state index contributed by atoms with van der Waals surface area (Å²) in [5.41, 5.74) is 6.10.